The third kappa shape index (κ3) is 2.57. The third-order valence-electron chi connectivity index (χ3n) is 4.39. The molecule has 0 aromatic heterocycles. The molecule has 0 saturated carbocycles. The van der Waals surface area contributed by atoms with Crippen LogP contribution in [0.1, 0.15) is 25.7 Å². The molecule has 2 aliphatic heterocycles. The Kier molecular flexibility index (Phi) is 4.29. The van der Waals surface area contributed by atoms with Crippen LogP contribution in [0.15, 0.2) is 23.1 Å². The molecule has 6 nitrogen and oxygen atoms in total. The zero-order valence-corrected chi connectivity index (χ0v) is 13.4. The summed E-state index contributed by atoms with van der Waals surface area (Å²) in [5.41, 5.74) is 0. The molecule has 1 aromatic carbocycles. The van der Waals surface area contributed by atoms with Gasteiger partial charge in [0.2, 0.25) is 0 Å². The van der Waals surface area contributed by atoms with Gasteiger partial charge in [0.1, 0.15) is 11.5 Å². The number of aromatic hydroxyl groups is 1. The van der Waals surface area contributed by atoms with Crippen LogP contribution in [0.2, 0.25) is 0 Å². The summed E-state index contributed by atoms with van der Waals surface area (Å²) in [5.74, 6) is -0.115. The van der Waals surface area contributed by atoms with Gasteiger partial charge in [-0.1, -0.05) is 6.07 Å². The van der Waals surface area contributed by atoms with E-state index in [0.29, 0.717) is 13.2 Å². The molecule has 2 heterocycles. The lowest BCUT2D eigenvalue weighted by molar-refractivity contribution is 0.0644. The standard InChI is InChI=1S/C15H21NO5S/c1-20-14-7-2-6-12(17)15(14)22(18,19)16-9-3-5-11(16)13-8-4-10-21-13/h2,6-7,11,13,17H,3-5,8-10H2,1H3. The highest BCUT2D eigenvalue weighted by molar-refractivity contribution is 7.89. The van der Waals surface area contributed by atoms with E-state index in [1.54, 1.807) is 12.1 Å². The number of nitrogens with zero attached hydrogens (tertiary/aromatic N) is 1. The Bertz CT molecular complexity index is 639. The first-order chi connectivity index (χ1) is 10.6. The molecule has 1 aromatic rings. The molecule has 0 spiro atoms. The number of benzene rings is 1. The van der Waals surface area contributed by atoms with Crippen molar-refractivity contribution in [2.75, 3.05) is 20.3 Å². The summed E-state index contributed by atoms with van der Waals surface area (Å²) in [5, 5.41) is 10.1. The van der Waals surface area contributed by atoms with Gasteiger partial charge in [-0.05, 0) is 37.8 Å². The number of phenols is 1. The second-order valence-electron chi connectivity index (χ2n) is 5.69. The van der Waals surface area contributed by atoms with Crippen LogP contribution < -0.4 is 4.74 Å². The van der Waals surface area contributed by atoms with Crippen molar-refractivity contribution < 1.29 is 23.0 Å². The van der Waals surface area contributed by atoms with Gasteiger partial charge in [0, 0.05) is 13.2 Å². The quantitative estimate of drug-likeness (QED) is 0.911. The maximum atomic E-state index is 13.0. The van der Waals surface area contributed by atoms with E-state index in [1.165, 1.54) is 17.5 Å². The second-order valence-corrected chi connectivity index (χ2v) is 7.51. The average molecular weight is 327 g/mol. The molecule has 3 rings (SSSR count). The Morgan fingerprint density at radius 3 is 2.82 bits per heavy atom. The fraction of sp³-hybridized carbons (Fsp3) is 0.600. The highest BCUT2D eigenvalue weighted by Gasteiger charge is 2.43. The van der Waals surface area contributed by atoms with E-state index < -0.39 is 10.0 Å². The monoisotopic (exact) mass is 327 g/mol. The number of phenolic OH excluding ortho intramolecular Hbond substituents is 1. The molecule has 2 saturated heterocycles. The van der Waals surface area contributed by atoms with Crippen molar-refractivity contribution in [2.45, 2.75) is 42.7 Å². The molecule has 1 N–H and O–H groups in total. The van der Waals surface area contributed by atoms with Crippen molar-refractivity contribution in [3.8, 4) is 11.5 Å². The van der Waals surface area contributed by atoms with E-state index in [0.717, 1.165) is 25.7 Å². The highest BCUT2D eigenvalue weighted by atomic mass is 32.2. The lowest BCUT2D eigenvalue weighted by Crippen LogP contribution is -2.42. The first-order valence-electron chi connectivity index (χ1n) is 7.55. The summed E-state index contributed by atoms with van der Waals surface area (Å²) >= 11 is 0. The van der Waals surface area contributed by atoms with Crippen LogP contribution in [-0.4, -0.2) is 50.2 Å². The zero-order valence-electron chi connectivity index (χ0n) is 12.6. The largest absolute Gasteiger partial charge is 0.506 e. The van der Waals surface area contributed by atoms with Gasteiger partial charge in [0.05, 0.1) is 19.3 Å². The predicted molar refractivity (Wildman–Crippen MR) is 80.5 cm³/mol. The molecule has 0 aliphatic carbocycles. The van der Waals surface area contributed by atoms with Crippen molar-refractivity contribution in [1.82, 2.24) is 4.31 Å². The fourth-order valence-electron chi connectivity index (χ4n) is 3.38. The molecule has 2 fully saturated rings. The Balaban J connectivity index is 1.99. The van der Waals surface area contributed by atoms with Crippen molar-refractivity contribution in [3.63, 3.8) is 0 Å². The van der Waals surface area contributed by atoms with Gasteiger partial charge < -0.3 is 14.6 Å². The van der Waals surface area contributed by atoms with Crippen LogP contribution in [0.5, 0.6) is 11.5 Å². The molecule has 2 aliphatic rings. The molecule has 2 atom stereocenters. The van der Waals surface area contributed by atoms with Gasteiger partial charge in [-0.15, -0.1) is 0 Å². The second kappa shape index (κ2) is 6.06. The first-order valence-corrected chi connectivity index (χ1v) is 8.99. The molecule has 0 radical (unpaired) electrons. The predicted octanol–water partition coefficient (Wildman–Crippen LogP) is 1.73. The molecule has 7 heteroatoms. The Morgan fingerprint density at radius 1 is 1.32 bits per heavy atom. The fourth-order valence-corrected chi connectivity index (χ4v) is 5.32. The summed E-state index contributed by atoms with van der Waals surface area (Å²) in [6, 6.07) is 4.32. The van der Waals surface area contributed by atoms with Gasteiger partial charge in [-0.2, -0.15) is 4.31 Å². The summed E-state index contributed by atoms with van der Waals surface area (Å²) in [4.78, 5) is -0.151. The number of hydrogen-bond acceptors (Lipinski definition) is 5. The Labute approximate surface area is 130 Å². The lowest BCUT2D eigenvalue weighted by atomic mass is 10.1. The summed E-state index contributed by atoms with van der Waals surface area (Å²) in [7, 11) is -2.42. The van der Waals surface area contributed by atoms with Crippen molar-refractivity contribution in [1.29, 1.82) is 0 Å². The van der Waals surface area contributed by atoms with E-state index in [1.807, 2.05) is 0 Å². The van der Waals surface area contributed by atoms with E-state index in [-0.39, 0.29) is 28.5 Å². The molecule has 0 amide bonds. The molecule has 2 unspecified atom stereocenters. The number of methoxy groups -OCH3 is 1. The maximum absolute atomic E-state index is 13.0. The maximum Gasteiger partial charge on any atom is 0.250 e. The van der Waals surface area contributed by atoms with Gasteiger partial charge in [-0.3, -0.25) is 0 Å². The molecule has 22 heavy (non-hydrogen) atoms. The first kappa shape index (κ1) is 15.6. The van der Waals surface area contributed by atoms with Gasteiger partial charge in [0.15, 0.2) is 4.90 Å². The van der Waals surface area contributed by atoms with Gasteiger partial charge >= 0.3 is 0 Å². The van der Waals surface area contributed by atoms with Crippen molar-refractivity contribution in [3.05, 3.63) is 18.2 Å². The number of ether oxygens (including phenoxy) is 2. The van der Waals surface area contributed by atoms with Gasteiger partial charge in [-0.25, -0.2) is 8.42 Å². The average Bonchev–Trinajstić information content (AvgIpc) is 3.17. The van der Waals surface area contributed by atoms with Crippen LogP contribution in [-0.2, 0) is 14.8 Å². The van der Waals surface area contributed by atoms with Gasteiger partial charge in [0.25, 0.3) is 10.0 Å². The molecular formula is C15H21NO5S. The van der Waals surface area contributed by atoms with Crippen LogP contribution >= 0.6 is 0 Å². The minimum absolute atomic E-state index is 0.0471. The van der Waals surface area contributed by atoms with E-state index in [4.69, 9.17) is 9.47 Å². The molecule has 122 valence electrons. The van der Waals surface area contributed by atoms with E-state index in [9.17, 15) is 13.5 Å². The number of sulfonamides is 1. The highest BCUT2D eigenvalue weighted by Crippen LogP contribution is 2.39. The van der Waals surface area contributed by atoms with Crippen LogP contribution in [0.3, 0.4) is 0 Å². The normalized spacial score (nSPS) is 26.4. The summed E-state index contributed by atoms with van der Waals surface area (Å²) < 4.78 is 38.4. The topological polar surface area (TPSA) is 76.1 Å². The summed E-state index contributed by atoms with van der Waals surface area (Å²) in [6.07, 6.45) is 3.40. The molecular weight excluding hydrogens is 306 g/mol. The van der Waals surface area contributed by atoms with Crippen LogP contribution in [0.4, 0.5) is 0 Å². The Hall–Kier alpha value is -1.31. The third-order valence-corrected chi connectivity index (χ3v) is 6.38. The zero-order chi connectivity index (χ0) is 15.7. The smallest absolute Gasteiger partial charge is 0.250 e. The van der Waals surface area contributed by atoms with Crippen LogP contribution in [0.25, 0.3) is 0 Å². The van der Waals surface area contributed by atoms with Crippen molar-refractivity contribution >= 4 is 10.0 Å². The van der Waals surface area contributed by atoms with Crippen molar-refractivity contribution in [2.24, 2.45) is 0 Å². The lowest BCUT2D eigenvalue weighted by Gasteiger charge is -2.28. The van der Waals surface area contributed by atoms with E-state index >= 15 is 0 Å². The number of hydrogen-bond donors (Lipinski definition) is 1. The van der Waals surface area contributed by atoms with E-state index in [2.05, 4.69) is 0 Å². The minimum atomic E-state index is -3.82. The number of rotatable bonds is 4. The van der Waals surface area contributed by atoms with Crippen LogP contribution in [0, 0.1) is 0 Å². The minimum Gasteiger partial charge on any atom is -0.506 e. The SMILES string of the molecule is COc1cccc(O)c1S(=O)(=O)N1CCCC1C1CCCO1. The molecule has 0 bridgehead atoms. The summed E-state index contributed by atoms with van der Waals surface area (Å²) in [6.45, 7) is 1.14. The Morgan fingerprint density at radius 2 is 2.14 bits per heavy atom.